The Kier molecular flexibility index (Phi) is 5.11. The Labute approximate surface area is 118 Å². The molecular formula is C13H21N5O2. The van der Waals surface area contributed by atoms with Crippen LogP contribution in [0.3, 0.4) is 0 Å². The minimum absolute atomic E-state index is 0.0977. The maximum Gasteiger partial charge on any atom is 0.404 e. The van der Waals surface area contributed by atoms with Crippen LogP contribution in [0.2, 0.25) is 0 Å². The van der Waals surface area contributed by atoms with Gasteiger partial charge in [-0.2, -0.15) is 0 Å². The van der Waals surface area contributed by atoms with E-state index in [1.54, 1.807) is 13.2 Å². The summed E-state index contributed by atoms with van der Waals surface area (Å²) in [7, 11) is 1.79. The summed E-state index contributed by atoms with van der Waals surface area (Å²) < 4.78 is 0. The summed E-state index contributed by atoms with van der Waals surface area (Å²) in [6.45, 7) is 0.707. The van der Waals surface area contributed by atoms with Gasteiger partial charge >= 0.3 is 6.09 Å². The first-order valence-corrected chi connectivity index (χ1v) is 6.90. The van der Waals surface area contributed by atoms with E-state index in [9.17, 15) is 4.79 Å². The molecule has 1 fully saturated rings. The monoisotopic (exact) mass is 279 g/mol. The second-order valence-corrected chi connectivity index (χ2v) is 5.00. The molecule has 0 aliphatic heterocycles. The van der Waals surface area contributed by atoms with E-state index >= 15 is 0 Å². The fraction of sp³-hybridized carbons (Fsp3) is 0.615. The predicted octanol–water partition coefficient (Wildman–Crippen LogP) is 1.19. The second kappa shape index (κ2) is 7.04. The summed E-state index contributed by atoms with van der Waals surface area (Å²) in [5.74, 6) is 0.624. The third-order valence-electron chi connectivity index (χ3n) is 3.56. The van der Waals surface area contributed by atoms with Gasteiger partial charge in [0.15, 0.2) is 0 Å². The number of nitrogens with zero attached hydrogens (tertiary/aromatic N) is 2. The summed E-state index contributed by atoms with van der Waals surface area (Å²) in [5.41, 5.74) is 0.954. The van der Waals surface area contributed by atoms with Crippen LogP contribution < -0.4 is 16.0 Å². The third kappa shape index (κ3) is 4.34. The van der Waals surface area contributed by atoms with Crippen molar-refractivity contribution in [2.45, 2.75) is 44.3 Å². The van der Waals surface area contributed by atoms with Gasteiger partial charge in [0.2, 0.25) is 5.95 Å². The topological polar surface area (TPSA) is 99.2 Å². The third-order valence-corrected chi connectivity index (χ3v) is 3.56. The molecule has 1 aliphatic carbocycles. The number of carboxylic acid groups (broad SMARTS) is 1. The molecule has 0 radical (unpaired) electrons. The molecular weight excluding hydrogens is 258 g/mol. The fourth-order valence-electron chi connectivity index (χ4n) is 2.48. The van der Waals surface area contributed by atoms with Crippen LogP contribution in [0.5, 0.6) is 0 Å². The van der Waals surface area contributed by atoms with Crippen molar-refractivity contribution in [3.8, 4) is 0 Å². The lowest BCUT2D eigenvalue weighted by molar-refractivity contribution is 0.183. The van der Waals surface area contributed by atoms with Crippen molar-refractivity contribution in [1.82, 2.24) is 20.6 Å². The van der Waals surface area contributed by atoms with Crippen LogP contribution in [-0.2, 0) is 6.54 Å². The van der Waals surface area contributed by atoms with Crippen molar-refractivity contribution in [1.29, 1.82) is 0 Å². The standard InChI is InChI=1S/C13H21N5O2/c1-14-12-15-7-6-11(17-12)8-16-9-2-4-10(5-3-9)18-13(19)20/h6-7,9-10,16,18H,2-5,8H2,1H3,(H,19,20)(H,14,15,17). The molecule has 0 saturated heterocycles. The van der Waals surface area contributed by atoms with E-state index in [0.717, 1.165) is 31.4 Å². The van der Waals surface area contributed by atoms with Gasteiger partial charge in [0.05, 0.1) is 5.69 Å². The van der Waals surface area contributed by atoms with Gasteiger partial charge in [0.1, 0.15) is 0 Å². The largest absolute Gasteiger partial charge is 0.465 e. The number of aromatic nitrogens is 2. The number of anilines is 1. The quantitative estimate of drug-likeness (QED) is 0.646. The molecule has 1 aliphatic rings. The summed E-state index contributed by atoms with van der Waals surface area (Å²) in [6.07, 6.45) is 4.54. The summed E-state index contributed by atoms with van der Waals surface area (Å²) in [4.78, 5) is 19.0. The van der Waals surface area contributed by atoms with Crippen LogP contribution in [0.15, 0.2) is 12.3 Å². The number of hydrogen-bond acceptors (Lipinski definition) is 5. The number of amides is 1. The molecule has 4 N–H and O–H groups in total. The zero-order valence-corrected chi connectivity index (χ0v) is 11.6. The molecule has 110 valence electrons. The zero-order valence-electron chi connectivity index (χ0n) is 11.6. The van der Waals surface area contributed by atoms with Gasteiger partial charge < -0.3 is 21.1 Å². The molecule has 0 aromatic carbocycles. The summed E-state index contributed by atoms with van der Waals surface area (Å²) in [6, 6.07) is 2.42. The molecule has 1 aromatic heterocycles. The Morgan fingerprint density at radius 3 is 2.70 bits per heavy atom. The van der Waals surface area contributed by atoms with E-state index in [-0.39, 0.29) is 6.04 Å². The predicted molar refractivity (Wildman–Crippen MR) is 75.6 cm³/mol. The lowest BCUT2D eigenvalue weighted by atomic mass is 9.91. The average Bonchev–Trinajstić information content (AvgIpc) is 2.46. The molecule has 0 unspecified atom stereocenters. The minimum Gasteiger partial charge on any atom is -0.465 e. The first kappa shape index (κ1) is 14.5. The molecule has 0 atom stereocenters. The highest BCUT2D eigenvalue weighted by molar-refractivity contribution is 5.64. The van der Waals surface area contributed by atoms with Crippen molar-refractivity contribution in [2.24, 2.45) is 0 Å². The number of hydrogen-bond donors (Lipinski definition) is 4. The second-order valence-electron chi connectivity index (χ2n) is 5.00. The summed E-state index contributed by atoms with van der Waals surface area (Å²) >= 11 is 0. The maximum atomic E-state index is 10.6. The van der Waals surface area contributed by atoms with Gasteiger partial charge in [0.25, 0.3) is 0 Å². The van der Waals surface area contributed by atoms with Crippen LogP contribution in [0, 0.1) is 0 Å². The van der Waals surface area contributed by atoms with E-state index in [4.69, 9.17) is 5.11 Å². The highest BCUT2D eigenvalue weighted by Crippen LogP contribution is 2.19. The molecule has 1 aromatic rings. The fourth-order valence-corrected chi connectivity index (χ4v) is 2.48. The van der Waals surface area contributed by atoms with E-state index < -0.39 is 6.09 Å². The SMILES string of the molecule is CNc1nccc(CNC2CCC(NC(=O)O)CC2)n1. The van der Waals surface area contributed by atoms with Crippen molar-refractivity contribution in [3.05, 3.63) is 18.0 Å². The van der Waals surface area contributed by atoms with Gasteiger partial charge in [0, 0.05) is 31.9 Å². The molecule has 7 heteroatoms. The van der Waals surface area contributed by atoms with Gasteiger partial charge in [-0.3, -0.25) is 0 Å². The highest BCUT2D eigenvalue weighted by Gasteiger charge is 2.21. The van der Waals surface area contributed by atoms with Gasteiger partial charge in [-0.05, 0) is 31.7 Å². The smallest absolute Gasteiger partial charge is 0.404 e. The lowest BCUT2D eigenvalue weighted by Crippen LogP contribution is -2.41. The van der Waals surface area contributed by atoms with Crippen LogP contribution in [0.4, 0.5) is 10.7 Å². The van der Waals surface area contributed by atoms with E-state index in [0.29, 0.717) is 18.5 Å². The Hall–Kier alpha value is -1.89. The van der Waals surface area contributed by atoms with E-state index in [1.807, 2.05) is 6.07 Å². The molecule has 7 nitrogen and oxygen atoms in total. The highest BCUT2D eigenvalue weighted by atomic mass is 16.4. The van der Waals surface area contributed by atoms with Crippen LogP contribution in [-0.4, -0.2) is 40.3 Å². The molecule has 0 spiro atoms. The van der Waals surface area contributed by atoms with Crippen molar-refractivity contribution >= 4 is 12.0 Å². The van der Waals surface area contributed by atoms with Crippen molar-refractivity contribution < 1.29 is 9.90 Å². The first-order valence-electron chi connectivity index (χ1n) is 6.90. The number of carbonyl (C=O) groups is 1. The molecule has 1 saturated carbocycles. The van der Waals surface area contributed by atoms with E-state index in [2.05, 4.69) is 25.9 Å². The van der Waals surface area contributed by atoms with E-state index in [1.165, 1.54) is 0 Å². The molecule has 2 rings (SSSR count). The first-order chi connectivity index (χ1) is 9.67. The number of rotatable bonds is 5. The van der Waals surface area contributed by atoms with Crippen LogP contribution in [0.25, 0.3) is 0 Å². The molecule has 1 heterocycles. The molecule has 20 heavy (non-hydrogen) atoms. The Morgan fingerprint density at radius 2 is 2.05 bits per heavy atom. The Morgan fingerprint density at radius 1 is 1.35 bits per heavy atom. The zero-order chi connectivity index (χ0) is 14.4. The van der Waals surface area contributed by atoms with Gasteiger partial charge in [-0.15, -0.1) is 0 Å². The van der Waals surface area contributed by atoms with Gasteiger partial charge in [-0.25, -0.2) is 14.8 Å². The Balaban J connectivity index is 1.74. The average molecular weight is 279 g/mol. The van der Waals surface area contributed by atoms with Crippen LogP contribution >= 0.6 is 0 Å². The van der Waals surface area contributed by atoms with Crippen molar-refractivity contribution in [2.75, 3.05) is 12.4 Å². The lowest BCUT2D eigenvalue weighted by Gasteiger charge is -2.28. The number of nitrogens with one attached hydrogen (secondary N) is 3. The molecule has 1 amide bonds. The summed E-state index contributed by atoms with van der Waals surface area (Å²) in [5, 5.41) is 17.6. The minimum atomic E-state index is -0.929. The molecule has 0 bridgehead atoms. The maximum absolute atomic E-state index is 10.6. The van der Waals surface area contributed by atoms with Crippen LogP contribution in [0.1, 0.15) is 31.4 Å². The normalized spacial score (nSPS) is 22.2. The van der Waals surface area contributed by atoms with Gasteiger partial charge in [-0.1, -0.05) is 0 Å². The Bertz CT molecular complexity index is 446. The van der Waals surface area contributed by atoms with Crippen molar-refractivity contribution in [3.63, 3.8) is 0 Å².